The van der Waals surface area contributed by atoms with Gasteiger partial charge in [-0.1, -0.05) is 6.07 Å². The lowest BCUT2D eigenvalue weighted by Crippen LogP contribution is -2.35. The maximum absolute atomic E-state index is 4.25. The van der Waals surface area contributed by atoms with Gasteiger partial charge in [0.1, 0.15) is 0 Å². The van der Waals surface area contributed by atoms with E-state index in [0.717, 1.165) is 5.69 Å². The standard InChI is InChI=1S/C15H19N3/c1-11(2)18-9-3-4-13-10-12(5-6-15(13)18)14-7-8-16-17-14/h5-8,10-11H,3-4,9H2,1-2H3,(H,16,17). The summed E-state index contributed by atoms with van der Waals surface area (Å²) in [6.07, 6.45) is 4.29. The Morgan fingerprint density at radius 1 is 1.28 bits per heavy atom. The van der Waals surface area contributed by atoms with Crippen LogP contribution in [0.5, 0.6) is 0 Å². The molecule has 0 saturated heterocycles. The molecule has 0 fully saturated rings. The van der Waals surface area contributed by atoms with Crippen molar-refractivity contribution in [3.05, 3.63) is 36.0 Å². The van der Waals surface area contributed by atoms with Gasteiger partial charge in [0.2, 0.25) is 0 Å². The number of nitrogens with zero attached hydrogens (tertiary/aromatic N) is 2. The average Bonchev–Trinajstić information content (AvgIpc) is 2.91. The molecule has 3 rings (SSSR count). The first kappa shape index (κ1) is 11.3. The van der Waals surface area contributed by atoms with Crippen molar-refractivity contribution in [2.75, 3.05) is 11.4 Å². The smallest absolute Gasteiger partial charge is 0.0920 e. The molecule has 0 amide bonds. The molecule has 3 heteroatoms. The van der Waals surface area contributed by atoms with Gasteiger partial charge in [-0.25, -0.2) is 0 Å². The molecule has 0 aliphatic carbocycles. The highest BCUT2D eigenvalue weighted by molar-refractivity contribution is 5.67. The second-order valence-electron chi connectivity index (χ2n) is 5.19. The van der Waals surface area contributed by atoms with E-state index in [9.17, 15) is 0 Å². The van der Waals surface area contributed by atoms with Gasteiger partial charge in [0.25, 0.3) is 0 Å². The van der Waals surface area contributed by atoms with Crippen molar-refractivity contribution >= 4 is 5.69 Å². The Balaban J connectivity index is 2.01. The highest BCUT2D eigenvalue weighted by Gasteiger charge is 2.19. The van der Waals surface area contributed by atoms with Crippen LogP contribution in [0.1, 0.15) is 25.8 Å². The van der Waals surface area contributed by atoms with Gasteiger partial charge in [-0.15, -0.1) is 0 Å². The van der Waals surface area contributed by atoms with Crippen LogP contribution in [-0.4, -0.2) is 22.8 Å². The van der Waals surface area contributed by atoms with Crippen molar-refractivity contribution in [2.24, 2.45) is 0 Å². The van der Waals surface area contributed by atoms with Crippen LogP contribution in [-0.2, 0) is 6.42 Å². The van der Waals surface area contributed by atoms with E-state index in [0.29, 0.717) is 6.04 Å². The molecule has 1 aromatic heterocycles. The number of aromatic nitrogens is 2. The van der Waals surface area contributed by atoms with E-state index in [1.807, 2.05) is 12.3 Å². The molecular formula is C15H19N3. The zero-order valence-electron chi connectivity index (χ0n) is 11.0. The predicted octanol–water partition coefficient (Wildman–Crippen LogP) is 3.24. The first-order valence-corrected chi connectivity index (χ1v) is 6.65. The fraction of sp³-hybridized carbons (Fsp3) is 0.400. The Bertz CT molecular complexity index is 529. The zero-order chi connectivity index (χ0) is 12.5. The Labute approximate surface area is 108 Å². The maximum atomic E-state index is 4.25. The number of fused-ring (bicyclic) bond motifs is 1. The lowest BCUT2D eigenvalue weighted by Gasteiger charge is -2.34. The third-order valence-corrected chi connectivity index (χ3v) is 3.65. The number of aryl methyl sites for hydroxylation is 1. The lowest BCUT2D eigenvalue weighted by atomic mass is 9.97. The summed E-state index contributed by atoms with van der Waals surface area (Å²) in [6.45, 7) is 5.69. The van der Waals surface area contributed by atoms with Crippen LogP contribution >= 0.6 is 0 Å². The number of anilines is 1. The summed E-state index contributed by atoms with van der Waals surface area (Å²) in [7, 11) is 0. The monoisotopic (exact) mass is 241 g/mol. The molecule has 18 heavy (non-hydrogen) atoms. The topological polar surface area (TPSA) is 31.9 Å². The molecule has 1 aliphatic rings. The highest BCUT2D eigenvalue weighted by Crippen LogP contribution is 2.32. The van der Waals surface area contributed by atoms with Crippen LogP contribution in [0.3, 0.4) is 0 Å². The van der Waals surface area contributed by atoms with Crippen molar-refractivity contribution in [1.82, 2.24) is 10.2 Å². The van der Waals surface area contributed by atoms with Gasteiger partial charge in [0, 0.05) is 30.0 Å². The van der Waals surface area contributed by atoms with Crippen molar-refractivity contribution in [2.45, 2.75) is 32.7 Å². The molecule has 0 unspecified atom stereocenters. The second kappa shape index (κ2) is 4.48. The Morgan fingerprint density at radius 3 is 2.89 bits per heavy atom. The highest BCUT2D eigenvalue weighted by atomic mass is 15.2. The number of nitrogens with one attached hydrogen (secondary N) is 1. The quantitative estimate of drug-likeness (QED) is 0.875. The first-order chi connectivity index (χ1) is 8.75. The number of benzene rings is 1. The van der Waals surface area contributed by atoms with Gasteiger partial charge < -0.3 is 4.90 Å². The van der Waals surface area contributed by atoms with E-state index >= 15 is 0 Å². The largest absolute Gasteiger partial charge is 0.369 e. The summed E-state index contributed by atoms with van der Waals surface area (Å²) in [4.78, 5) is 2.49. The number of rotatable bonds is 2. The zero-order valence-corrected chi connectivity index (χ0v) is 11.0. The summed E-state index contributed by atoms with van der Waals surface area (Å²) < 4.78 is 0. The van der Waals surface area contributed by atoms with Gasteiger partial charge in [-0.3, -0.25) is 5.10 Å². The molecular weight excluding hydrogens is 222 g/mol. The third kappa shape index (κ3) is 1.90. The molecule has 1 aliphatic heterocycles. The molecule has 2 aromatic rings. The van der Waals surface area contributed by atoms with Crippen LogP contribution < -0.4 is 4.90 Å². The van der Waals surface area contributed by atoms with E-state index in [1.165, 1.54) is 36.2 Å². The molecule has 2 heterocycles. The summed E-state index contributed by atoms with van der Waals surface area (Å²) >= 11 is 0. The van der Waals surface area contributed by atoms with E-state index < -0.39 is 0 Å². The average molecular weight is 241 g/mol. The summed E-state index contributed by atoms with van der Waals surface area (Å²) in [5.41, 5.74) is 5.09. The number of hydrogen-bond acceptors (Lipinski definition) is 2. The first-order valence-electron chi connectivity index (χ1n) is 6.65. The minimum absolute atomic E-state index is 0.570. The number of H-pyrrole nitrogens is 1. The van der Waals surface area contributed by atoms with Crippen LogP contribution in [0.15, 0.2) is 30.5 Å². The van der Waals surface area contributed by atoms with E-state index in [4.69, 9.17) is 0 Å². The van der Waals surface area contributed by atoms with E-state index in [-0.39, 0.29) is 0 Å². The molecule has 0 saturated carbocycles. The normalized spacial score (nSPS) is 14.9. The molecule has 3 nitrogen and oxygen atoms in total. The van der Waals surface area contributed by atoms with Gasteiger partial charge >= 0.3 is 0 Å². The van der Waals surface area contributed by atoms with Crippen molar-refractivity contribution in [3.8, 4) is 11.3 Å². The fourth-order valence-electron chi connectivity index (χ4n) is 2.74. The third-order valence-electron chi connectivity index (χ3n) is 3.65. The fourth-order valence-corrected chi connectivity index (χ4v) is 2.74. The number of aromatic amines is 1. The molecule has 0 radical (unpaired) electrons. The predicted molar refractivity (Wildman–Crippen MR) is 74.8 cm³/mol. The summed E-state index contributed by atoms with van der Waals surface area (Å²) in [5.74, 6) is 0. The lowest BCUT2D eigenvalue weighted by molar-refractivity contribution is 0.626. The molecule has 1 aromatic carbocycles. The van der Waals surface area contributed by atoms with Crippen molar-refractivity contribution in [3.63, 3.8) is 0 Å². The SMILES string of the molecule is CC(C)N1CCCc2cc(-c3cc[nH]n3)ccc21. The van der Waals surface area contributed by atoms with Crippen molar-refractivity contribution in [1.29, 1.82) is 0 Å². The molecule has 0 spiro atoms. The minimum Gasteiger partial charge on any atom is -0.369 e. The minimum atomic E-state index is 0.570. The number of hydrogen-bond donors (Lipinski definition) is 1. The molecule has 0 bridgehead atoms. The summed E-state index contributed by atoms with van der Waals surface area (Å²) in [5, 5.41) is 7.13. The molecule has 0 atom stereocenters. The van der Waals surface area contributed by atoms with E-state index in [1.54, 1.807) is 0 Å². The Hall–Kier alpha value is -1.77. The van der Waals surface area contributed by atoms with Gasteiger partial charge in [-0.05, 0) is 50.5 Å². The van der Waals surface area contributed by atoms with Crippen molar-refractivity contribution < 1.29 is 0 Å². The van der Waals surface area contributed by atoms with Crippen LogP contribution in [0.25, 0.3) is 11.3 Å². The van der Waals surface area contributed by atoms with Crippen LogP contribution in [0.2, 0.25) is 0 Å². The second-order valence-corrected chi connectivity index (χ2v) is 5.19. The van der Waals surface area contributed by atoms with Crippen LogP contribution in [0, 0.1) is 0 Å². The van der Waals surface area contributed by atoms with Crippen LogP contribution in [0.4, 0.5) is 5.69 Å². The Kier molecular flexibility index (Phi) is 2.82. The molecule has 94 valence electrons. The maximum Gasteiger partial charge on any atom is 0.0920 e. The summed E-state index contributed by atoms with van der Waals surface area (Å²) in [6, 6.07) is 9.30. The Morgan fingerprint density at radius 2 is 2.17 bits per heavy atom. The van der Waals surface area contributed by atoms with E-state index in [2.05, 4.69) is 47.1 Å². The van der Waals surface area contributed by atoms with Gasteiger partial charge in [0.15, 0.2) is 0 Å². The molecule has 1 N–H and O–H groups in total. The van der Waals surface area contributed by atoms with Gasteiger partial charge in [-0.2, -0.15) is 5.10 Å². The van der Waals surface area contributed by atoms with Gasteiger partial charge in [0.05, 0.1) is 5.69 Å².